The van der Waals surface area contributed by atoms with Gasteiger partial charge in [0.15, 0.2) is 0 Å². The Balaban J connectivity index is 2.18. The van der Waals surface area contributed by atoms with E-state index in [1.165, 1.54) is 5.56 Å². The number of rotatable bonds is 1. The third-order valence-corrected chi connectivity index (χ3v) is 2.43. The maximum atomic E-state index is 5.75. The minimum absolute atomic E-state index is 0.167. The Morgan fingerprint density at radius 1 is 1.31 bits per heavy atom. The lowest BCUT2D eigenvalue weighted by Gasteiger charge is -2.15. The third-order valence-electron chi connectivity index (χ3n) is 2.43. The van der Waals surface area contributed by atoms with Gasteiger partial charge in [-0.05, 0) is 19.3 Å². The first-order valence-electron chi connectivity index (χ1n) is 4.74. The summed E-state index contributed by atoms with van der Waals surface area (Å²) in [5, 5.41) is 3.34. The van der Waals surface area contributed by atoms with E-state index in [4.69, 9.17) is 4.65 Å². The highest BCUT2D eigenvalue weighted by molar-refractivity contribution is 6.48. The summed E-state index contributed by atoms with van der Waals surface area (Å²) >= 11 is 0. The van der Waals surface area contributed by atoms with Gasteiger partial charge < -0.3 is 9.88 Å². The molecule has 2 atom stereocenters. The van der Waals surface area contributed by atoms with Crippen molar-refractivity contribution in [3.63, 3.8) is 0 Å². The molecular weight excluding hydrogens is 161 g/mol. The van der Waals surface area contributed by atoms with Gasteiger partial charge in [0.05, 0.1) is 6.10 Å². The smallest absolute Gasteiger partial charge is 0.377 e. The third kappa shape index (κ3) is 1.76. The summed E-state index contributed by atoms with van der Waals surface area (Å²) < 4.78 is 5.75. The van der Waals surface area contributed by atoms with Crippen LogP contribution in [0.25, 0.3) is 0 Å². The van der Waals surface area contributed by atoms with Crippen molar-refractivity contribution in [2.45, 2.75) is 25.9 Å². The van der Waals surface area contributed by atoms with E-state index in [1.807, 2.05) is 12.9 Å². The maximum Gasteiger partial charge on any atom is 0.377 e. The molecule has 1 aliphatic rings. The van der Waals surface area contributed by atoms with Crippen LogP contribution in [0.4, 0.5) is 0 Å². The van der Waals surface area contributed by atoms with E-state index in [0.717, 1.165) is 0 Å². The molecule has 0 amide bonds. The quantitative estimate of drug-likeness (QED) is 0.657. The molecule has 1 aromatic carbocycles. The molecule has 2 rings (SSSR count). The van der Waals surface area contributed by atoms with Crippen molar-refractivity contribution < 1.29 is 4.65 Å². The minimum Gasteiger partial charge on any atom is -0.413 e. The summed E-state index contributed by atoms with van der Waals surface area (Å²) in [6.07, 6.45) is 0.205. The Morgan fingerprint density at radius 2 is 2.00 bits per heavy atom. The molecule has 1 saturated heterocycles. The fraction of sp³-hybridized carbons (Fsp3) is 0.400. The van der Waals surface area contributed by atoms with Crippen LogP contribution in [0.5, 0.6) is 0 Å². The van der Waals surface area contributed by atoms with Crippen LogP contribution in [-0.4, -0.2) is 13.1 Å². The van der Waals surface area contributed by atoms with Crippen molar-refractivity contribution in [2.24, 2.45) is 0 Å². The van der Waals surface area contributed by atoms with Gasteiger partial charge >= 0.3 is 7.05 Å². The molecule has 0 saturated carbocycles. The second-order valence-corrected chi connectivity index (χ2v) is 3.56. The number of hydrogen-bond donors (Lipinski definition) is 1. The first-order chi connectivity index (χ1) is 6.27. The van der Waals surface area contributed by atoms with Gasteiger partial charge in [-0.25, -0.2) is 0 Å². The molecule has 13 heavy (non-hydrogen) atoms. The molecule has 3 heteroatoms. The molecular formula is C10H14BNO. The monoisotopic (exact) mass is 175 g/mol. The van der Waals surface area contributed by atoms with Crippen molar-refractivity contribution in [3.05, 3.63) is 35.9 Å². The minimum atomic E-state index is 0.167. The topological polar surface area (TPSA) is 21.3 Å². The molecule has 1 heterocycles. The second kappa shape index (κ2) is 3.52. The first kappa shape index (κ1) is 8.79. The normalized spacial score (nSPS) is 28.0. The Hall–Kier alpha value is -0.795. The first-order valence-corrected chi connectivity index (χ1v) is 4.74. The predicted octanol–water partition coefficient (Wildman–Crippen LogP) is 1.85. The van der Waals surface area contributed by atoms with E-state index in [-0.39, 0.29) is 13.2 Å². The molecule has 68 valence electrons. The summed E-state index contributed by atoms with van der Waals surface area (Å²) in [5.74, 6) is 0. The van der Waals surface area contributed by atoms with Crippen LogP contribution in [0.1, 0.15) is 18.6 Å². The zero-order chi connectivity index (χ0) is 9.26. The van der Waals surface area contributed by atoms with Crippen molar-refractivity contribution >= 4 is 7.05 Å². The highest BCUT2D eigenvalue weighted by Crippen LogP contribution is 2.25. The average molecular weight is 175 g/mol. The van der Waals surface area contributed by atoms with Gasteiger partial charge in [0.2, 0.25) is 0 Å². The lowest BCUT2D eigenvalue weighted by atomic mass is 9.89. The highest BCUT2D eigenvalue weighted by Gasteiger charge is 2.32. The van der Waals surface area contributed by atoms with Gasteiger partial charge in [-0.15, -0.1) is 0 Å². The number of benzene rings is 1. The van der Waals surface area contributed by atoms with E-state index >= 15 is 0 Å². The summed E-state index contributed by atoms with van der Waals surface area (Å²) in [7, 11) is 0.167. The molecule has 2 nitrogen and oxygen atoms in total. The van der Waals surface area contributed by atoms with Crippen LogP contribution in [0.15, 0.2) is 30.3 Å². The average Bonchev–Trinajstić information content (AvgIpc) is 2.47. The zero-order valence-corrected chi connectivity index (χ0v) is 8.03. The summed E-state index contributed by atoms with van der Waals surface area (Å²) in [4.78, 5) is 0. The molecule has 0 aliphatic carbocycles. The van der Waals surface area contributed by atoms with Crippen LogP contribution in [0.2, 0.25) is 6.82 Å². The van der Waals surface area contributed by atoms with Crippen molar-refractivity contribution in [3.8, 4) is 0 Å². The van der Waals surface area contributed by atoms with Crippen molar-refractivity contribution in [2.75, 3.05) is 0 Å². The Kier molecular flexibility index (Phi) is 2.38. The van der Waals surface area contributed by atoms with E-state index in [1.54, 1.807) is 0 Å². The van der Waals surface area contributed by atoms with Crippen LogP contribution in [-0.2, 0) is 4.65 Å². The summed E-state index contributed by atoms with van der Waals surface area (Å²) in [6, 6.07) is 10.8. The van der Waals surface area contributed by atoms with Crippen LogP contribution in [0.3, 0.4) is 0 Å². The van der Waals surface area contributed by atoms with Gasteiger partial charge in [0.25, 0.3) is 0 Å². The van der Waals surface area contributed by atoms with E-state index in [0.29, 0.717) is 6.04 Å². The number of nitrogens with one attached hydrogen (secondary N) is 1. The zero-order valence-electron chi connectivity index (χ0n) is 8.03. The molecule has 0 spiro atoms. The van der Waals surface area contributed by atoms with Crippen molar-refractivity contribution in [1.29, 1.82) is 0 Å². The largest absolute Gasteiger partial charge is 0.413 e. The van der Waals surface area contributed by atoms with Crippen LogP contribution < -0.4 is 5.23 Å². The lowest BCUT2D eigenvalue weighted by molar-refractivity contribution is 0.222. The molecule has 0 bridgehead atoms. The standard InChI is InChI=1S/C10H14BNO/c1-8-10(13-11(2)12-8)9-6-4-3-5-7-9/h3-8,10,12H,1-2H3. The molecule has 1 aliphatic heterocycles. The van der Waals surface area contributed by atoms with Gasteiger partial charge in [0.1, 0.15) is 0 Å². The fourth-order valence-corrected chi connectivity index (χ4v) is 1.84. The SMILES string of the molecule is CB1NC(C)C(c2ccccc2)O1. The van der Waals surface area contributed by atoms with E-state index < -0.39 is 0 Å². The van der Waals surface area contributed by atoms with Crippen LogP contribution >= 0.6 is 0 Å². The molecule has 0 radical (unpaired) electrons. The van der Waals surface area contributed by atoms with Gasteiger partial charge in [-0.2, -0.15) is 0 Å². The van der Waals surface area contributed by atoms with Gasteiger partial charge in [0, 0.05) is 6.04 Å². The lowest BCUT2D eigenvalue weighted by Crippen LogP contribution is -2.29. The summed E-state index contributed by atoms with van der Waals surface area (Å²) in [5.41, 5.74) is 1.26. The second-order valence-electron chi connectivity index (χ2n) is 3.56. The maximum absolute atomic E-state index is 5.75. The van der Waals surface area contributed by atoms with Gasteiger partial charge in [-0.1, -0.05) is 30.3 Å². The molecule has 2 unspecified atom stereocenters. The van der Waals surface area contributed by atoms with E-state index in [9.17, 15) is 0 Å². The molecule has 1 fully saturated rings. The molecule has 1 N–H and O–H groups in total. The Morgan fingerprint density at radius 3 is 2.54 bits per heavy atom. The van der Waals surface area contributed by atoms with Gasteiger partial charge in [-0.3, -0.25) is 0 Å². The van der Waals surface area contributed by atoms with Crippen molar-refractivity contribution in [1.82, 2.24) is 5.23 Å². The highest BCUT2D eigenvalue weighted by atomic mass is 16.5. The summed E-state index contributed by atoms with van der Waals surface area (Å²) in [6.45, 7) is 4.20. The molecule has 1 aromatic rings. The Bertz CT molecular complexity index is 278. The molecule has 0 aromatic heterocycles. The fourth-order valence-electron chi connectivity index (χ4n) is 1.84. The number of hydrogen-bond acceptors (Lipinski definition) is 2. The Labute approximate surface area is 79.4 Å². The van der Waals surface area contributed by atoms with Crippen LogP contribution in [0, 0.1) is 0 Å². The van der Waals surface area contributed by atoms with E-state index in [2.05, 4.69) is 36.4 Å². The predicted molar refractivity (Wildman–Crippen MR) is 54.5 cm³/mol.